The number of fused-ring (bicyclic) bond motifs is 5. The van der Waals surface area contributed by atoms with Crippen LogP contribution in [0.4, 0.5) is 0 Å². The van der Waals surface area contributed by atoms with Crippen molar-refractivity contribution in [2.45, 2.75) is 98.3 Å². The first-order valence-electron chi connectivity index (χ1n) is 12.0. The topological polar surface area (TPSA) is 20.2 Å². The second-order valence-corrected chi connectivity index (χ2v) is 11.5. The van der Waals surface area contributed by atoms with Crippen molar-refractivity contribution >= 4 is 0 Å². The number of aliphatic hydroxyl groups is 1. The minimum Gasteiger partial charge on any atom is -0.396 e. The lowest BCUT2D eigenvalue weighted by Gasteiger charge is -2.61. The molecular formula is C25H44O. The Morgan fingerprint density at radius 1 is 0.923 bits per heavy atom. The molecule has 0 aromatic heterocycles. The maximum Gasteiger partial charge on any atom is 0.0459 e. The van der Waals surface area contributed by atoms with Crippen molar-refractivity contribution in [2.24, 2.45) is 52.3 Å². The summed E-state index contributed by atoms with van der Waals surface area (Å²) >= 11 is 0. The Morgan fingerprint density at radius 3 is 2.38 bits per heavy atom. The molecule has 4 aliphatic carbocycles. The van der Waals surface area contributed by atoms with Crippen LogP contribution < -0.4 is 0 Å². The Labute approximate surface area is 162 Å². The van der Waals surface area contributed by atoms with Gasteiger partial charge in [-0.3, -0.25) is 0 Å². The van der Waals surface area contributed by atoms with E-state index in [1.807, 2.05) is 0 Å². The molecule has 0 radical (unpaired) electrons. The van der Waals surface area contributed by atoms with Crippen LogP contribution in [0.2, 0.25) is 0 Å². The van der Waals surface area contributed by atoms with Gasteiger partial charge in [0.1, 0.15) is 0 Å². The number of hydrogen-bond donors (Lipinski definition) is 1. The van der Waals surface area contributed by atoms with E-state index in [-0.39, 0.29) is 0 Å². The van der Waals surface area contributed by atoms with Crippen molar-refractivity contribution in [1.82, 2.24) is 0 Å². The van der Waals surface area contributed by atoms with E-state index in [0.29, 0.717) is 23.4 Å². The van der Waals surface area contributed by atoms with Crippen molar-refractivity contribution in [3.8, 4) is 0 Å². The molecule has 0 bridgehead atoms. The third kappa shape index (κ3) is 2.82. The zero-order valence-corrected chi connectivity index (χ0v) is 18.0. The van der Waals surface area contributed by atoms with Crippen LogP contribution in [0.5, 0.6) is 0 Å². The van der Waals surface area contributed by atoms with E-state index >= 15 is 0 Å². The molecule has 4 fully saturated rings. The van der Waals surface area contributed by atoms with Gasteiger partial charge in [0, 0.05) is 6.61 Å². The predicted octanol–water partition coefficient (Wildman–Crippen LogP) is 6.69. The summed E-state index contributed by atoms with van der Waals surface area (Å²) in [6.07, 6.45) is 16.2. The highest BCUT2D eigenvalue weighted by molar-refractivity contribution is 5.09. The molecule has 0 spiro atoms. The summed E-state index contributed by atoms with van der Waals surface area (Å²) in [5.74, 6) is 6.27. The van der Waals surface area contributed by atoms with Gasteiger partial charge in [0.15, 0.2) is 0 Å². The number of aliphatic hydroxyl groups excluding tert-OH is 1. The fraction of sp³-hybridized carbons (Fsp3) is 1.00. The van der Waals surface area contributed by atoms with Crippen LogP contribution >= 0.6 is 0 Å². The van der Waals surface area contributed by atoms with Gasteiger partial charge in [-0.2, -0.15) is 0 Å². The molecule has 0 aliphatic heterocycles. The van der Waals surface area contributed by atoms with Crippen LogP contribution in [-0.4, -0.2) is 11.7 Å². The highest BCUT2D eigenvalue weighted by Crippen LogP contribution is 2.68. The quantitative estimate of drug-likeness (QED) is 0.592. The summed E-state index contributed by atoms with van der Waals surface area (Å²) in [5.41, 5.74) is 1.17. The summed E-state index contributed by atoms with van der Waals surface area (Å²) in [6, 6.07) is 0. The van der Waals surface area contributed by atoms with E-state index in [9.17, 15) is 5.11 Å². The van der Waals surface area contributed by atoms with E-state index in [0.717, 1.165) is 35.5 Å². The molecule has 4 saturated carbocycles. The van der Waals surface area contributed by atoms with Crippen LogP contribution in [0.3, 0.4) is 0 Å². The van der Waals surface area contributed by atoms with Gasteiger partial charge in [-0.05, 0) is 110 Å². The van der Waals surface area contributed by atoms with Crippen LogP contribution in [0.25, 0.3) is 0 Å². The molecule has 4 rings (SSSR count). The molecule has 1 nitrogen and oxygen atoms in total. The van der Waals surface area contributed by atoms with E-state index < -0.39 is 0 Å². The third-order valence-electron chi connectivity index (χ3n) is 10.5. The Morgan fingerprint density at radius 2 is 1.65 bits per heavy atom. The van der Waals surface area contributed by atoms with Crippen molar-refractivity contribution < 1.29 is 5.11 Å². The minimum atomic E-state index is 0.389. The summed E-state index contributed by atoms with van der Waals surface area (Å²) in [5, 5.41) is 9.80. The molecule has 0 saturated heterocycles. The highest BCUT2D eigenvalue weighted by atomic mass is 16.3. The first-order valence-corrected chi connectivity index (χ1v) is 12.0. The first kappa shape index (κ1) is 19.3. The zero-order chi connectivity index (χ0) is 18.5. The van der Waals surface area contributed by atoms with Crippen LogP contribution in [0, 0.1) is 52.3 Å². The van der Waals surface area contributed by atoms with Gasteiger partial charge in [-0.25, -0.2) is 0 Å². The van der Waals surface area contributed by atoms with E-state index in [2.05, 4.69) is 27.7 Å². The molecule has 4 aliphatic rings. The first-order chi connectivity index (χ1) is 12.4. The Hall–Kier alpha value is -0.0400. The minimum absolute atomic E-state index is 0.389. The van der Waals surface area contributed by atoms with E-state index in [1.54, 1.807) is 6.42 Å². The summed E-state index contributed by atoms with van der Waals surface area (Å²) < 4.78 is 0. The molecule has 1 N–H and O–H groups in total. The zero-order valence-electron chi connectivity index (χ0n) is 18.0. The fourth-order valence-electron chi connectivity index (χ4n) is 9.12. The summed E-state index contributed by atoms with van der Waals surface area (Å²) in [6.45, 7) is 10.4. The molecule has 9 unspecified atom stereocenters. The normalized spacial score (nSPS) is 52.0. The maximum atomic E-state index is 9.80. The summed E-state index contributed by atoms with van der Waals surface area (Å²) in [7, 11) is 0. The van der Waals surface area contributed by atoms with Crippen LogP contribution in [-0.2, 0) is 0 Å². The SMILES string of the molecule is CCCC1CCC2(C)C(CCC3C2CCC2(C)C(C(C)CO)CCC32)C1. The summed E-state index contributed by atoms with van der Waals surface area (Å²) in [4.78, 5) is 0. The van der Waals surface area contributed by atoms with Gasteiger partial charge in [0.2, 0.25) is 0 Å². The standard InChI is InChI=1S/C25H44O/c1-5-6-18-11-13-24(3)19(15-18)7-8-20-22-10-9-21(17(2)16-26)25(22,4)14-12-23(20)24/h17-23,26H,5-16H2,1-4H3. The van der Waals surface area contributed by atoms with Crippen LogP contribution in [0.15, 0.2) is 0 Å². The largest absolute Gasteiger partial charge is 0.396 e. The maximum absolute atomic E-state index is 9.80. The van der Waals surface area contributed by atoms with Gasteiger partial charge in [0.05, 0.1) is 0 Å². The predicted molar refractivity (Wildman–Crippen MR) is 110 cm³/mol. The van der Waals surface area contributed by atoms with Gasteiger partial charge >= 0.3 is 0 Å². The van der Waals surface area contributed by atoms with Crippen molar-refractivity contribution in [2.75, 3.05) is 6.61 Å². The molecule has 0 heterocycles. The Kier molecular flexibility index (Phi) is 5.26. The molecule has 1 heteroatoms. The molecular weight excluding hydrogens is 316 g/mol. The second kappa shape index (κ2) is 7.09. The molecule has 9 atom stereocenters. The molecule has 150 valence electrons. The second-order valence-electron chi connectivity index (χ2n) is 11.5. The monoisotopic (exact) mass is 360 g/mol. The lowest BCUT2D eigenvalue weighted by Crippen LogP contribution is -2.53. The number of hydrogen-bond acceptors (Lipinski definition) is 1. The van der Waals surface area contributed by atoms with Crippen molar-refractivity contribution in [1.29, 1.82) is 0 Å². The van der Waals surface area contributed by atoms with Gasteiger partial charge < -0.3 is 5.11 Å². The molecule has 0 amide bonds. The van der Waals surface area contributed by atoms with Gasteiger partial charge in [-0.15, -0.1) is 0 Å². The van der Waals surface area contributed by atoms with Crippen LogP contribution in [0.1, 0.15) is 98.3 Å². The average Bonchev–Trinajstić information content (AvgIpc) is 2.99. The molecule has 26 heavy (non-hydrogen) atoms. The Balaban J connectivity index is 1.53. The number of rotatable bonds is 4. The lowest BCUT2D eigenvalue weighted by atomic mass is 9.44. The highest BCUT2D eigenvalue weighted by Gasteiger charge is 2.60. The average molecular weight is 361 g/mol. The Bertz CT molecular complexity index is 500. The van der Waals surface area contributed by atoms with E-state index in [4.69, 9.17) is 0 Å². The smallest absolute Gasteiger partial charge is 0.0459 e. The van der Waals surface area contributed by atoms with E-state index in [1.165, 1.54) is 64.2 Å². The van der Waals surface area contributed by atoms with Gasteiger partial charge in [-0.1, -0.05) is 40.5 Å². The third-order valence-corrected chi connectivity index (χ3v) is 10.5. The fourth-order valence-corrected chi connectivity index (χ4v) is 9.12. The van der Waals surface area contributed by atoms with Crippen molar-refractivity contribution in [3.63, 3.8) is 0 Å². The molecule has 0 aromatic carbocycles. The molecule has 0 aromatic rings. The van der Waals surface area contributed by atoms with Crippen molar-refractivity contribution in [3.05, 3.63) is 0 Å². The lowest BCUT2D eigenvalue weighted by molar-refractivity contribution is -0.122. The van der Waals surface area contributed by atoms with Gasteiger partial charge in [0.25, 0.3) is 0 Å².